The van der Waals surface area contributed by atoms with E-state index in [-0.39, 0.29) is 83.2 Å². The van der Waals surface area contributed by atoms with Crippen molar-refractivity contribution in [2.75, 3.05) is 79.2 Å². The van der Waals surface area contributed by atoms with Crippen LogP contribution in [0.3, 0.4) is 0 Å². The van der Waals surface area contributed by atoms with Crippen molar-refractivity contribution >= 4 is 32.8 Å². The average molecular weight is 892 g/mol. The molecule has 2 amide bonds. The number of aliphatic hydroxyl groups excluding tert-OH is 1. The fraction of sp³-hybridized carbons (Fsp3) is 0.500. The van der Waals surface area contributed by atoms with E-state index in [0.717, 1.165) is 4.57 Å². The second-order valence-corrected chi connectivity index (χ2v) is 17.4. The Balaban J connectivity index is 0.931. The number of imidazole rings is 1. The quantitative estimate of drug-likeness (QED) is 0.0269. The van der Waals surface area contributed by atoms with Crippen molar-refractivity contribution in [2.24, 2.45) is 0 Å². The maximum absolute atomic E-state index is 13.3. The molecule has 1 aromatic heterocycles. The van der Waals surface area contributed by atoms with Crippen LogP contribution in [0.4, 0.5) is 4.39 Å². The van der Waals surface area contributed by atoms with Crippen molar-refractivity contribution in [1.82, 2.24) is 15.2 Å². The van der Waals surface area contributed by atoms with Crippen molar-refractivity contribution in [2.45, 2.75) is 36.6 Å². The van der Waals surface area contributed by atoms with Crippen LogP contribution in [0, 0.1) is 5.82 Å². The number of carbonyl (C=O) groups excluding carboxylic acids is 3. The Bertz CT molecular complexity index is 1940. The maximum Gasteiger partial charge on any atom is 0.373 e. The molecular weight excluding hydrogens is 841 g/mol. The molecule has 60 heavy (non-hydrogen) atoms. The predicted octanol–water partition coefficient (Wildman–Crippen LogP) is -0.596. The Hall–Kier alpha value is -4.15. The number of amides is 2. The van der Waals surface area contributed by atoms with Crippen LogP contribution in [-0.4, -0.2) is 142 Å². The van der Waals surface area contributed by atoms with Gasteiger partial charge in [-0.2, -0.15) is 0 Å². The van der Waals surface area contributed by atoms with Gasteiger partial charge in [0.15, 0.2) is 12.4 Å². The van der Waals surface area contributed by atoms with Crippen LogP contribution in [0.1, 0.15) is 28.3 Å². The molecule has 1 aliphatic heterocycles. The number of halogens is 1. The number of hydrogen-bond donors (Lipinski definition) is 8. The Morgan fingerprint density at radius 3 is 2.15 bits per heavy atom. The third-order valence-corrected chi connectivity index (χ3v) is 12.5. The molecule has 21 nitrogen and oxygen atoms in total. The van der Waals surface area contributed by atoms with Gasteiger partial charge in [0.05, 0.1) is 64.3 Å². The SMILES string of the molecule is O=C(CCOCCOCCOCCOCCNC(=O)COc1ccc2c(c1)OCC(c1ccc(F)cc1)C2=O)NCC(O)Cn1cc[n+](CC(O)(P(=O)(O)O)P(=O)(O)O)c1. The van der Waals surface area contributed by atoms with E-state index in [4.69, 9.17) is 28.4 Å². The van der Waals surface area contributed by atoms with Crippen molar-refractivity contribution < 1.29 is 90.7 Å². The number of Topliss-reactive ketones (excluding diaryl/α,β-unsaturated/α-hetero) is 1. The van der Waals surface area contributed by atoms with Crippen LogP contribution >= 0.6 is 15.2 Å². The van der Waals surface area contributed by atoms with Gasteiger partial charge in [-0.25, -0.2) is 13.5 Å². The minimum Gasteiger partial charge on any atom is -0.492 e. The van der Waals surface area contributed by atoms with E-state index in [2.05, 4.69) is 10.6 Å². The first kappa shape index (κ1) is 48.5. The third kappa shape index (κ3) is 15.1. The lowest BCUT2D eigenvalue weighted by Crippen LogP contribution is -2.46. The lowest BCUT2D eigenvalue weighted by Gasteiger charge is -2.27. The summed E-state index contributed by atoms with van der Waals surface area (Å²) >= 11 is 0. The second-order valence-electron chi connectivity index (χ2n) is 13.4. The molecule has 0 aliphatic carbocycles. The molecule has 0 spiro atoms. The van der Waals surface area contributed by atoms with E-state index in [1.165, 1.54) is 35.4 Å². The maximum atomic E-state index is 13.3. The van der Waals surface area contributed by atoms with Crippen molar-refractivity contribution in [3.8, 4) is 11.5 Å². The lowest BCUT2D eigenvalue weighted by molar-refractivity contribution is -0.703. The number of aliphatic hydroxyl groups is 2. The fourth-order valence-corrected chi connectivity index (χ4v) is 7.60. The first-order valence-corrected chi connectivity index (χ1v) is 21.8. The van der Waals surface area contributed by atoms with Gasteiger partial charge in [-0.05, 0) is 29.8 Å². The molecule has 8 N–H and O–H groups in total. The lowest BCUT2D eigenvalue weighted by atomic mass is 9.89. The highest BCUT2D eigenvalue weighted by molar-refractivity contribution is 7.72. The van der Waals surface area contributed by atoms with Crippen LogP contribution < -0.4 is 24.7 Å². The zero-order chi connectivity index (χ0) is 43.8. The summed E-state index contributed by atoms with van der Waals surface area (Å²) in [6.45, 7) is 0.817. The average Bonchev–Trinajstić information content (AvgIpc) is 3.63. The van der Waals surface area contributed by atoms with Crippen LogP contribution in [0.2, 0.25) is 0 Å². The molecule has 0 fully saturated rings. The Labute approximate surface area is 343 Å². The summed E-state index contributed by atoms with van der Waals surface area (Å²) in [6, 6.07) is 10.4. The largest absolute Gasteiger partial charge is 0.492 e. The van der Waals surface area contributed by atoms with Crippen LogP contribution in [0.25, 0.3) is 0 Å². The van der Waals surface area contributed by atoms with Gasteiger partial charge in [0.1, 0.15) is 55.5 Å². The second kappa shape index (κ2) is 23.2. The number of nitrogens with zero attached hydrogens (tertiary/aromatic N) is 2. The molecule has 2 heterocycles. The molecule has 0 bridgehead atoms. The molecule has 0 saturated heterocycles. The normalized spacial score (nSPS) is 14.9. The van der Waals surface area contributed by atoms with Gasteiger partial charge in [-0.3, -0.25) is 23.5 Å². The molecule has 24 heteroatoms. The van der Waals surface area contributed by atoms with Gasteiger partial charge in [0.2, 0.25) is 12.2 Å². The van der Waals surface area contributed by atoms with Crippen LogP contribution in [0.15, 0.2) is 61.2 Å². The van der Waals surface area contributed by atoms with Gasteiger partial charge in [0, 0.05) is 25.6 Å². The number of ether oxygens (including phenoxy) is 6. The summed E-state index contributed by atoms with van der Waals surface area (Å²) in [6.07, 6.45) is 2.62. The van der Waals surface area contributed by atoms with Gasteiger partial charge in [-0.15, -0.1) is 0 Å². The zero-order valence-electron chi connectivity index (χ0n) is 32.4. The summed E-state index contributed by atoms with van der Waals surface area (Å²) in [4.78, 5) is 74.4. The number of ketones is 1. The summed E-state index contributed by atoms with van der Waals surface area (Å²) in [5.41, 5.74) is 1.04. The molecular formula is C36H50FN4O17P2+. The Kier molecular flexibility index (Phi) is 18.7. The van der Waals surface area contributed by atoms with Crippen LogP contribution in [-0.2, 0) is 50.8 Å². The Morgan fingerprint density at radius 2 is 1.52 bits per heavy atom. The number of aromatic nitrogens is 2. The molecule has 0 radical (unpaired) electrons. The monoisotopic (exact) mass is 891 g/mol. The predicted molar refractivity (Wildman–Crippen MR) is 204 cm³/mol. The van der Waals surface area contributed by atoms with E-state index in [0.29, 0.717) is 49.1 Å². The first-order chi connectivity index (χ1) is 28.5. The smallest absolute Gasteiger partial charge is 0.373 e. The molecule has 0 saturated carbocycles. The van der Waals surface area contributed by atoms with E-state index >= 15 is 0 Å². The van der Waals surface area contributed by atoms with Gasteiger partial charge < -0.3 is 68.8 Å². The number of carbonyl (C=O) groups is 3. The van der Waals surface area contributed by atoms with Gasteiger partial charge in [-0.1, -0.05) is 12.1 Å². The summed E-state index contributed by atoms with van der Waals surface area (Å²) in [7, 11) is -11.3. The zero-order valence-corrected chi connectivity index (χ0v) is 34.2. The van der Waals surface area contributed by atoms with Crippen molar-refractivity contribution in [3.05, 3.63) is 78.1 Å². The summed E-state index contributed by atoms with van der Waals surface area (Å²) in [5.74, 6) is -1.12. The highest BCUT2D eigenvalue weighted by atomic mass is 31.2. The Morgan fingerprint density at radius 1 is 0.900 bits per heavy atom. The molecule has 2 atom stereocenters. The standard InChI is InChI=1S/C36H49FN4O17P2/c37-27-3-1-26(2-4-27)31-22-58-32-19-29(5-6-30(32)35(31)45)57-23-34(44)38-8-12-54-14-16-56-18-17-55-15-13-53-11-7-33(43)39-20-28(42)21-40-9-10-41(25-40)24-36(46,59(47,48)49)60(50,51)52/h1-6,9-10,19,25,28,31,42,46H,7-8,11-18,20-24H2,(H5-,38,39,43,44,47,48,49,50,51,52)/p+1. The molecule has 332 valence electrons. The topological polar surface area (TPSA) is 295 Å². The molecule has 3 aromatic rings. The minimum atomic E-state index is -5.64. The fourth-order valence-electron chi connectivity index (χ4n) is 5.55. The first-order valence-electron chi connectivity index (χ1n) is 18.6. The number of hydrogen-bond acceptors (Lipinski definition) is 13. The van der Waals surface area contributed by atoms with Gasteiger partial charge in [0.25, 0.3) is 5.91 Å². The number of nitrogens with one attached hydrogen (secondary N) is 2. The highest BCUT2D eigenvalue weighted by Crippen LogP contribution is 2.67. The molecule has 2 aromatic carbocycles. The van der Waals surface area contributed by atoms with E-state index in [1.54, 1.807) is 30.3 Å². The third-order valence-electron chi connectivity index (χ3n) is 8.77. The number of rotatable bonds is 27. The number of benzene rings is 2. The molecule has 1 aliphatic rings. The highest BCUT2D eigenvalue weighted by Gasteiger charge is 2.61. The molecule has 4 rings (SSSR count). The minimum absolute atomic E-state index is 0.0122. The summed E-state index contributed by atoms with van der Waals surface area (Å²) in [5, 5.41) is 21.9. The molecule has 2 unspecified atom stereocenters. The van der Waals surface area contributed by atoms with E-state index in [1.807, 2.05) is 0 Å². The van der Waals surface area contributed by atoms with E-state index < -0.39 is 44.7 Å². The van der Waals surface area contributed by atoms with Gasteiger partial charge >= 0.3 is 20.3 Å². The summed E-state index contributed by atoms with van der Waals surface area (Å²) < 4.78 is 71.6. The van der Waals surface area contributed by atoms with Crippen molar-refractivity contribution in [1.29, 1.82) is 0 Å². The van der Waals surface area contributed by atoms with Crippen molar-refractivity contribution in [3.63, 3.8) is 0 Å². The van der Waals surface area contributed by atoms with E-state index in [9.17, 15) is 57.7 Å². The van der Waals surface area contributed by atoms with Crippen LogP contribution in [0.5, 0.6) is 11.5 Å². The number of fused-ring (bicyclic) bond motifs is 1.